The molecule has 2 atom stereocenters. The summed E-state index contributed by atoms with van der Waals surface area (Å²) in [4.78, 5) is 23.3. The SMILES string of the molecule is CNCCCCC(N)C(=O)NC(CCCCNC)C(N)=O. The summed E-state index contributed by atoms with van der Waals surface area (Å²) in [7, 11) is 3.76. The lowest BCUT2D eigenvalue weighted by Crippen LogP contribution is -2.50. The van der Waals surface area contributed by atoms with Crippen molar-refractivity contribution < 1.29 is 9.59 Å². The first kappa shape index (κ1) is 19.8. The van der Waals surface area contributed by atoms with Gasteiger partial charge in [-0.15, -0.1) is 0 Å². The maximum atomic E-state index is 11.9. The molecule has 0 fully saturated rings. The van der Waals surface area contributed by atoms with Gasteiger partial charge in [0.1, 0.15) is 6.04 Å². The second kappa shape index (κ2) is 12.6. The molecule has 2 amide bonds. The van der Waals surface area contributed by atoms with Crippen molar-refractivity contribution >= 4 is 11.8 Å². The van der Waals surface area contributed by atoms with Gasteiger partial charge < -0.3 is 27.4 Å². The first-order valence-electron chi connectivity index (χ1n) is 7.67. The van der Waals surface area contributed by atoms with Gasteiger partial charge >= 0.3 is 0 Å². The normalized spacial score (nSPS) is 13.7. The van der Waals surface area contributed by atoms with Gasteiger partial charge in [0, 0.05) is 0 Å². The Hall–Kier alpha value is -1.18. The molecule has 124 valence electrons. The molecule has 0 aliphatic heterocycles. The summed E-state index contributed by atoms with van der Waals surface area (Å²) >= 11 is 0. The number of nitrogens with two attached hydrogens (primary N) is 2. The van der Waals surface area contributed by atoms with Crippen LogP contribution >= 0.6 is 0 Å². The van der Waals surface area contributed by atoms with Gasteiger partial charge in [-0.25, -0.2) is 0 Å². The highest BCUT2D eigenvalue weighted by Crippen LogP contribution is 2.03. The second-order valence-electron chi connectivity index (χ2n) is 5.27. The van der Waals surface area contributed by atoms with Crippen molar-refractivity contribution in [2.24, 2.45) is 11.5 Å². The smallest absolute Gasteiger partial charge is 0.240 e. The van der Waals surface area contributed by atoms with Gasteiger partial charge in [0.15, 0.2) is 0 Å². The van der Waals surface area contributed by atoms with Gasteiger partial charge in [-0.2, -0.15) is 0 Å². The largest absolute Gasteiger partial charge is 0.368 e. The molecule has 7 heteroatoms. The molecule has 2 unspecified atom stereocenters. The Kier molecular flexibility index (Phi) is 11.8. The fourth-order valence-electron chi connectivity index (χ4n) is 2.01. The summed E-state index contributed by atoms with van der Waals surface area (Å²) in [5.41, 5.74) is 11.2. The standard InChI is InChI=1S/C14H31N5O2/c1-17-9-5-3-7-11(15)14(21)19-12(13(16)20)8-4-6-10-18-2/h11-12,17-18H,3-10,15H2,1-2H3,(H2,16,20)(H,19,21). The van der Waals surface area contributed by atoms with E-state index < -0.39 is 18.0 Å². The number of hydrogen-bond donors (Lipinski definition) is 5. The Bertz CT molecular complexity index is 299. The molecule has 0 aromatic carbocycles. The van der Waals surface area contributed by atoms with Crippen LogP contribution in [0.15, 0.2) is 0 Å². The van der Waals surface area contributed by atoms with E-state index in [1.54, 1.807) is 0 Å². The first-order valence-corrected chi connectivity index (χ1v) is 7.67. The maximum absolute atomic E-state index is 11.9. The fourth-order valence-corrected chi connectivity index (χ4v) is 2.01. The molecule has 0 heterocycles. The predicted octanol–water partition coefficient (Wildman–Crippen LogP) is -0.937. The Morgan fingerprint density at radius 3 is 1.95 bits per heavy atom. The van der Waals surface area contributed by atoms with Gasteiger partial charge in [-0.3, -0.25) is 9.59 Å². The third-order valence-electron chi connectivity index (χ3n) is 3.36. The van der Waals surface area contributed by atoms with Crippen LogP contribution in [0, 0.1) is 0 Å². The average molecular weight is 301 g/mol. The van der Waals surface area contributed by atoms with E-state index in [0.717, 1.165) is 38.8 Å². The molecule has 0 radical (unpaired) electrons. The third kappa shape index (κ3) is 10.2. The summed E-state index contributed by atoms with van der Waals surface area (Å²) in [5.74, 6) is -0.799. The van der Waals surface area contributed by atoms with E-state index in [4.69, 9.17) is 11.5 Å². The van der Waals surface area contributed by atoms with E-state index in [0.29, 0.717) is 12.8 Å². The minimum atomic E-state index is -0.627. The predicted molar refractivity (Wildman–Crippen MR) is 84.7 cm³/mol. The number of nitrogens with one attached hydrogen (secondary N) is 3. The topological polar surface area (TPSA) is 122 Å². The lowest BCUT2D eigenvalue weighted by molar-refractivity contribution is -0.128. The van der Waals surface area contributed by atoms with Gasteiger partial charge in [-0.1, -0.05) is 6.42 Å². The van der Waals surface area contributed by atoms with Crippen molar-refractivity contribution in [2.45, 2.75) is 50.6 Å². The molecule has 0 aromatic heterocycles. The van der Waals surface area contributed by atoms with Crippen LogP contribution in [0.5, 0.6) is 0 Å². The zero-order chi connectivity index (χ0) is 16.1. The van der Waals surface area contributed by atoms with Crippen molar-refractivity contribution in [2.75, 3.05) is 27.2 Å². The summed E-state index contributed by atoms with van der Waals surface area (Å²) in [6, 6.07) is -1.21. The second-order valence-corrected chi connectivity index (χ2v) is 5.27. The molecule has 0 saturated carbocycles. The number of carbonyl (C=O) groups excluding carboxylic acids is 2. The molecular weight excluding hydrogens is 270 g/mol. The van der Waals surface area contributed by atoms with Crippen LogP contribution in [-0.4, -0.2) is 51.1 Å². The number of hydrogen-bond acceptors (Lipinski definition) is 5. The average Bonchev–Trinajstić information content (AvgIpc) is 2.46. The van der Waals surface area contributed by atoms with Crippen LogP contribution in [0.2, 0.25) is 0 Å². The number of unbranched alkanes of at least 4 members (excludes halogenated alkanes) is 2. The molecule has 21 heavy (non-hydrogen) atoms. The maximum Gasteiger partial charge on any atom is 0.240 e. The zero-order valence-corrected chi connectivity index (χ0v) is 13.3. The van der Waals surface area contributed by atoms with E-state index in [1.807, 2.05) is 14.1 Å². The molecule has 0 aliphatic carbocycles. The molecular formula is C14H31N5O2. The molecule has 0 spiro atoms. The molecule has 7 N–H and O–H groups in total. The minimum Gasteiger partial charge on any atom is -0.368 e. The van der Waals surface area contributed by atoms with Gasteiger partial charge in [0.05, 0.1) is 6.04 Å². The molecule has 0 aliphatic rings. The minimum absolute atomic E-state index is 0.295. The summed E-state index contributed by atoms with van der Waals surface area (Å²) in [6.45, 7) is 1.79. The van der Waals surface area contributed by atoms with E-state index in [-0.39, 0.29) is 5.91 Å². The van der Waals surface area contributed by atoms with E-state index in [1.165, 1.54) is 0 Å². The molecule has 0 bridgehead atoms. The van der Waals surface area contributed by atoms with Crippen LogP contribution in [0.1, 0.15) is 38.5 Å². The van der Waals surface area contributed by atoms with Crippen LogP contribution in [0.4, 0.5) is 0 Å². The summed E-state index contributed by atoms with van der Waals surface area (Å²) in [6.07, 6.45) is 4.77. The van der Waals surface area contributed by atoms with Crippen molar-refractivity contribution in [1.29, 1.82) is 0 Å². The Labute approximate surface area is 127 Å². The highest BCUT2D eigenvalue weighted by Gasteiger charge is 2.21. The molecule has 7 nitrogen and oxygen atoms in total. The van der Waals surface area contributed by atoms with Crippen LogP contribution in [-0.2, 0) is 9.59 Å². The Morgan fingerprint density at radius 1 is 0.952 bits per heavy atom. The Balaban J connectivity index is 4.05. The van der Waals surface area contributed by atoms with Gasteiger partial charge in [0.2, 0.25) is 11.8 Å². The van der Waals surface area contributed by atoms with Crippen LogP contribution in [0.3, 0.4) is 0 Å². The highest BCUT2D eigenvalue weighted by molar-refractivity contribution is 5.88. The number of carbonyl (C=O) groups is 2. The van der Waals surface area contributed by atoms with Crippen LogP contribution < -0.4 is 27.4 Å². The van der Waals surface area contributed by atoms with Crippen molar-refractivity contribution in [3.63, 3.8) is 0 Å². The lowest BCUT2D eigenvalue weighted by Gasteiger charge is -2.18. The van der Waals surface area contributed by atoms with Crippen molar-refractivity contribution in [3.8, 4) is 0 Å². The molecule has 0 saturated heterocycles. The van der Waals surface area contributed by atoms with Crippen molar-refractivity contribution in [3.05, 3.63) is 0 Å². The van der Waals surface area contributed by atoms with E-state index >= 15 is 0 Å². The zero-order valence-electron chi connectivity index (χ0n) is 13.3. The van der Waals surface area contributed by atoms with Crippen LogP contribution in [0.25, 0.3) is 0 Å². The Morgan fingerprint density at radius 2 is 1.48 bits per heavy atom. The van der Waals surface area contributed by atoms with E-state index in [9.17, 15) is 9.59 Å². The summed E-state index contributed by atoms with van der Waals surface area (Å²) in [5, 5.41) is 8.74. The third-order valence-corrected chi connectivity index (χ3v) is 3.36. The number of primary amides is 1. The number of rotatable bonds is 13. The van der Waals surface area contributed by atoms with E-state index in [2.05, 4.69) is 16.0 Å². The monoisotopic (exact) mass is 301 g/mol. The summed E-state index contributed by atoms with van der Waals surface area (Å²) < 4.78 is 0. The first-order chi connectivity index (χ1) is 10.0. The number of amides is 2. The quantitative estimate of drug-likeness (QED) is 0.281. The van der Waals surface area contributed by atoms with Gasteiger partial charge in [0.25, 0.3) is 0 Å². The fraction of sp³-hybridized carbons (Fsp3) is 0.857. The highest BCUT2D eigenvalue weighted by atomic mass is 16.2. The van der Waals surface area contributed by atoms with Gasteiger partial charge in [-0.05, 0) is 59.3 Å². The van der Waals surface area contributed by atoms with Crippen molar-refractivity contribution in [1.82, 2.24) is 16.0 Å². The lowest BCUT2D eigenvalue weighted by atomic mass is 10.1. The molecule has 0 aromatic rings. The molecule has 0 rings (SSSR count).